The van der Waals surface area contributed by atoms with E-state index in [0.29, 0.717) is 12.2 Å². The van der Waals surface area contributed by atoms with Gasteiger partial charge in [0.15, 0.2) is 5.16 Å². The topological polar surface area (TPSA) is 76.7 Å². The molecule has 0 amide bonds. The third-order valence-corrected chi connectivity index (χ3v) is 3.25. The molecule has 5 nitrogen and oxygen atoms in total. The van der Waals surface area contributed by atoms with Crippen LogP contribution in [-0.4, -0.2) is 20.3 Å². The van der Waals surface area contributed by atoms with Gasteiger partial charge < -0.3 is 15.3 Å². The summed E-state index contributed by atoms with van der Waals surface area (Å²) in [5, 5.41) is 0.907. The molecule has 0 atom stereocenters. The van der Waals surface area contributed by atoms with Crippen molar-refractivity contribution in [1.29, 1.82) is 0 Å². The molecule has 2 aromatic heterocycles. The van der Waals surface area contributed by atoms with Crippen molar-refractivity contribution >= 4 is 17.4 Å². The van der Waals surface area contributed by atoms with Gasteiger partial charge in [-0.25, -0.2) is 4.98 Å². The first-order valence-corrected chi connectivity index (χ1v) is 6.32. The predicted octanol–water partition coefficient (Wildman–Crippen LogP) is 1.34. The highest BCUT2D eigenvalue weighted by atomic mass is 32.2. The molecule has 0 spiro atoms. The first-order chi connectivity index (χ1) is 8.25. The van der Waals surface area contributed by atoms with Gasteiger partial charge in [0.25, 0.3) is 5.56 Å². The maximum absolute atomic E-state index is 11.5. The maximum atomic E-state index is 11.5. The highest BCUT2D eigenvalue weighted by Crippen LogP contribution is 2.12. The zero-order valence-electron chi connectivity index (χ0n) is 9.30. The minimum Gasteiger partial charge on any atom is -0.398 e. The van der Waals surface area contributed by atoms with Crippen LogP contribution in [0.25, 0.3) is 0 Å². The summed E-state index contributed by atoms with van der Waals surface area (Å²) in [5.41, 5.74) is 6.23. The van der Waals surface area contributed by atoms with Crippen LogP contribution in [0, 0.1) is 0 Å². The van der Waals surface area contributed by atoms with Gasteiger partial charge in [-0.3, -0.25) is 4.79 Å². The van der Waals surface area contributed by atoms with Crippen molar-refractivity contribution in [1.82, 2.24) is 14.5 Å². The molecule has 0 fully saturated rings. The van der Waals surface area contributed by atoms with Gasteiger partial charge in [0.1, 0.15) is 0 Å². The Bertz CT molecular complexity index is 521. The van der Waals surface area contributed by atoms with E-state index >= 15 is 0 Å². The summed E-state index contributed by atoms with van der Waals surface area (Å²) in [4.78, 5) is 18.6. The van der Waals surface area contributed by atoms with Crippen LogP contribution in [0.4, 0.5) is 5.69 Å². The number of hydrogen-bond donors (Lipinski definition) is 2. The molecule has 2 aromatic rings. The molecule has 0 unspecified atom stereocenters. The summed E-state index contributed by atoms with van der Waals surface area (Å²) < 4.78 is 1.64. The quantitative estimate of drug-likeness (QED) is 0.620. The van der Waals surface area contributed by atoms with Crippen LogP contribution < -0.4 is 11.3 Å². The number of H-pyrrole nitrogens is 1. The molecule has 0 radical (unpaired) electrons. The van der Waals surface area contributed by atoms with E-state index in [0.717, 1.165) is 17.3 Å². The lowest BCUT2D eigenvalue weighted by atomic mass is 10.4. The van der Waals surface area contributed by atoms with Crippen molar-refractivity contribution in [2.75, 3.05) is 11.5 Å². The summed E-state index contributed by atoms with van der Waals surface area (Å²) in [5.74, 6) is 0.911. The van der Waals surface area contributed by atoms with Crippen molar-refractivity contribution in [3.05, 3.63) is 41.1 Å². The van der Waals surface area contributed by atoms with E-state index in [1.54, 1.807) is 41.0 Å². The zero-order chi connectivity index (χ0) is 12.1. The molecule has 17 heavy (non-hydrogen) atoms. The Kier molecular flexibility index (Phi) is 3.87. The number of nitrogens with one attached hydrogen (secondary N) is 1. The number of hydrogen-bond acceptors (Lipinski definition) is 4. The van der Waals surface area contributed by atoms with E-state index < -0.39 is 0 Å². The Labute approximate surface area is 103 Å². The average molecular weight is 250 g/mol. The van der Waals surface area contributed by atoms with Gasteiger partial charge in [-0.15, -0.1) is 0 Å². The number of thioether (sulfide) groups is 1. The molecule has 0 saturated heterocycles. The summed E-state index contributed by atoms with van der Waals surface area (Å²) in [6, 6.07) is 3.12. The van der Waals surface area contributed by atoms with Gasteiger partial charge >= 0.3 is 0 Å². The lowest BCUT2D eigenvalue weighted by Gasteiger charge is -2.05. The Balaban J connectivity index is 1.82. The molecule has 6 heteroatoms. The number of pyridine rings is 1. The number of rotatable bonds is 5. The van der Waals surface area contributed by atoms with Crippen molar-refractivity contribution in [3.63, 3.8) is 0 Å². The van der Waals surface area contributed by atoms with Crippen molar-refractivity contribution in [2.45, 2.75) is 18.1 Å². The Hall–Kier alpha value is -1.69. The highest BCUT2D eigenvalue weighted by Gasteiger charge is 1.98. The van der Waals surface area contributed by atoms with Gasteiger partial charge in [0.05, 0.1) is 0 Å². The van der Waals surface area contributed by atoms with E-state index in [-0.39, 0.29) is 5.56 Å². The number of nitrogens with zero attached hydrogens (tertiary/aromatic N) is 2. The molecule has 0 saturated carbocycles. The predicted molar refractivity (Wildman–Crippen MR) is 69.0 cm³/mol. The van der Waals surface area contributed by atoms with E-state index in [1.807, 2.05) is 0 Å². The van der Waals surface area contributed by atoms with E-state index in [2.05, 4.69) is 9.97 Å². The monoisotopic (exact) mass is 250 g/mol. The average Bonchev–Trinajstić information content (AvgIpc) is 2.82. The second-order valence-electron chi connectivity index (χ2n) is 3.59. The first kappa shape index (κ1) is 11.8. The van der Waals surface area contributed by atoms with E-state index in [4.69, 9.17) is 5.73 Å². The normalized spacial score (nSPS) is 10.6. The highest BCUT2D eigenvalue weighted by molar-refractivity contribution is 7.99. The van der Waals surface area contributed by atoms with Crippen molar-refractivity contribution in [2.24, 2.45) is 0 Å². The number of aromatic amines is 1. The second-order valence-corrected chi connectivity index (χ2v) is 4.67. The molecule has 3 N–H and O–H groups in total. The fraction of sp³-hybridized carbons (Fsp3) is 0.273. The summed E-state index contributed by atoms with van der Waals surface area (Å²) in [7, 11) is 0. The summed E-state index contributed by atoms with van der Waals surface area (Å²) in [6.45, 7) is 0.678. The lowest BCUT2D eigenvalue weighted by Crippen LogP contribution is -2.19. The number of nitrogens with two attached hydrogens (primary N) is 1. The number of aromatic nitrogens is 3. The molecule has 0 aromatic carbocycles. The standard InChI is InChI=1S/C11H14N4OS/c12-9-2-3-10(16)15(8-9)6-1-7-17-11-13-4-5-14-11/h2-5,8H,1,6-7,12H2,(H,13,14). The van der Waals surface area contributed by atoms with Crippen LogP contribution in [-0.2, 0) is 6.54 Å². The summed E-state index contributed by atoms with van der Waals surface area (Å²) >= 11 is 1.64. The fourth-order valence-corrected chi connectivity index (χ4v) is 2.21. The van der Waals surface area contributed by atoms with Crippen LogP contribution in [0.5, 0.6) is 0 Å². The molecule has 90 valence electrons. The molecule has 0 aliphatic carbocycles. The van der Waals surface area contributed by atoms with Crippen LogP contribution in [0.15, 0.2) is 40.7 Å². The molecule has 2 rings (SSSR count). The minimum absolute atomic E-state index is 0.0119. The minimum atomic E-state index is -0.0119. The molecular formula is C11H14N4OS. The molecule has 0 bridgehead atoms. The second kappa shape index (κ2) is 5.58. The molecule has 0 aliphatic rings. The molecule has 0 aliphatic heterocycles. The smallest absolute Gasteiger partial charge is 0.250 e. The van der Waals surface area contributed by atoms with Crippen LogP contribution in [0.3, 0.4) is 0 Å². The number of nitrogen functional groups attached to an aromatic ring is 1. The first-order valence-electron chi connectivity index (χ1n) is 5.34. The third kappa shape index (κ3) is 3.39. The summed E-state index contributed by atoms with van der Waals surface area (Å²) in [6.07, 6.45) is 6.10. The van der Waals surface area contributed by atoms with Gasteiger partial charge in [-0.2, -0.15) is 0 Å². The largest absolute Gasteiger partial charge is 0.398 e. The van der Waals surface area contributed by atoms with E-state index in [9.17, 15) is 4.79 Å². The van der Waals surface area contributed by atoms with Gasteiger partial charge in [-0.1, -0.05) is 11.8 Å². The molecule has 2 heterocycles. The van der Waals surface area contributed by atoms with Crippen LogP contribution in [0.2, 0.25) is 0 Å². The third-order valence-electron chi connectivity index (χ3n) is 2.26. The lowest BCUT2D eigenvalue weighted by molar-refractivity contribution is 0.659. The fourth-order valence-electron chi connectivity index (χ4n) is 1.46. The maximum Gasteiger partial charge on any atom is 0.250 e. The molecular weight excluding hydrogens is 236 g/mol. The van der Waals surface area contributed by atoms with Crippen LogP contribution in [0.1, 0.15) is 6.42 Å². The number of imidazole rings is 1. The zero-order valence-corrected chi connectivity index (χ0v) is 10.1. The van der Waals surface area contributed by atoms with Gasteiger partial charge in [-0.05, 0) is 12.5 Å². The number of aryl methyl sites for hydroxylation is 1. The van der Waals surface area contributed by atoms with Gasteiger partial charge in [0, 0.05) is 42.6 Å². The van der Waals surface area contributed by atoms with Gasteiger partial charge in [0.2, 0.25) is 0 Å². The Morgan fingerprint density at radius 1 is 1.47 bits per heavy atom. The van der Waals surface area contributed by atoms with E-state index in [1.165, 1.54) is 6.07 Å². The number of anilines is 1. The van der Waals surface area contributed by atoms with Crippen LogP contribution >= 0.6 is 11.8 Å². The SMILES string of the molecule is Nc1ccc(=O)n(CCCSc2ncc[nH]2)c1. The van der Waals surface area contributed by atoms with Crippen molar-refractivity contribution < 1.29 is 0 Å². The Morgan fingerprint density at radius 3 is 3.12 bits per heavy atom. The van der Waals surface area contributed by atoms with Crippen molar-refractivity contribution in [3.8, 4) is 0 Å². The Morgan fingerprint density at radius 2 is 2.35 bits per heavy atom.